The lowest BCUT2D eigenvalue weighted by atomic mass is 10.1. The van der Waals surface area contributed by atoms with E-state index in [4.69, 9.17) is 9.47 Å². The maximum atomic E-state index is 12.9. The maximum absolute atomic E-state index is 12.9. The van der Waals surface area contributed by atoms with Crippen molar-refractivity contribution in [1.82, 2.24) is 20.2 Å². The van der Waals surface area contributed by atoms with E-state index in [1.165, 1.54) is 17.1 Å². The van der Waals surface area contributed by atoms with Gasteiger partial charge in [0.2, 0.25) is 0 Å². The third kappa shape index (κ3) is 5.04. The average molecular weight is 516 g/mol. The molecule has 1 fully saturated rings. The summed E-state index contributed by atoms with van der Waals surface area (Å²) < 4.78 is 24.6. The van der Waals surface area contributed by atoms with Gasteiger partial charge in [-0.1, -0.05) is 23.9 Å². The number of halogens is 1. The zero-order valence-corrected chi connectivity index (χ0v) is 21.4. The van der Waals surface area contributed by atoms with Crippen LogP contribution in [0.3, 0.4) is 0 Å². The van der Waals surface area contributed by atoms with Gasteiger partial charge >= 0.3 is 0 Å². The number of rotatable bonds is 8. The Labute approximate surface area is 206 Å². The van der Waals surface area contributed by atoms with Gasteiger partial charge in [0.25, 0.3) is 11.5 Å². The van der Waals surface area contributed by atoms with Crippen LogP contribution in [0.15, 0.2) is 35.3 Å². The van der Waals surface area contributed by atoms with Gasteiger partial charge in [0.15, 0.2) is 0 Å². The number of nitrogens with one attached hydrogen (secondary N) is 2. The number of hydrogen-bond donors (Lipinski definition) is 2. The first-order valence-corrected chi connectivity index (χ1v) is 13.6. The molecular formula is C24H27FN4O4P2. The first-order chi connectivity index (χ1) is 16.9. The van der Waals surface area contributed by atoms with E-state index in [2.05, 4.69) is 39.0 Å². The average Bonchev–Trinajstić information content (AvgIpc) is 3.32. The molecule has 3 atom stereocenters. The minimum Gasteiger partial charge on any atom is -0.492 e. The van der Waals surface area contributed by atoms with Crippen molar-refractivity contribution < 1.29 is 18.7 Å². The third-order valence-corrected chi connectivity index (χ3v) is 7.53. The molecule has 2 aliphatic rings. The first-order valence-electron chi connectivity index (χ1n) is 11.5. The van der Waals surface area contributed by atoms with Crippen LogP contribution in [0.4, 0.5) is 4.39 Å². The first kappa shape index (κ1) is 24.1. The minimum absolute atomic E-state index is 0.0327. The number of alkyl halides is 1. The van der Waals surface area contributed by atoms with Crippen molar-refractivity contribution in [2.45, 2.75) is 25.0 Å². The van der Waals surface area contributed by atoms with Crippen molar-refractivity contribution in [1.29, 1.82) is 0 Å². The highest BCUT2D eigenvalue weighted by molar-refractivity contribution is 7.47. The summed E-state index contributed by atoms with van der Waals surface area (Å²) >= 11 is 0. The predicted molar refractivity (Wildman–Crippen MR) is 139 cm³/mol. The van der Waals surface area contributed by atoms with Crippen molar-refractivity contribution in [3.8, 4) is 11.5 Å². The standard InChI is InChI=1S/C24H27FN4O4P2/c1-35-22-13(2-4-16-20(22)28-23(30)17-6-7-32-21(16)17)10-29-11-15(12-29)33-14-3-5-18(26-8-14)24(31)27-9-19(25)34/h2-5,8,15,19,35H,6-7,9-12,34H2,1H3,(H,27,31)(H,28,30). The number of H-pyrrole nitrogens is 1. The zero-order chi connectivity index (χ0) is 24.5. The highest BCUT2D eigenvalue weighted by Gasteiger charge is 2.30. The Kier molecular flexibility index (Phi) is 7.01. The Hall–Kier alpha value is -2.60. The molecule has 1 saturated heterocycles. The van der Waals surface area contributed by atoms with Crippen LogP contribution in [-0.4, -0.2) is 65.7 Å². The predicted octanol–water partition coefficient (Wildman–Crippen LogP) is 1.96. The molecule has 184 valence electrons. The summed E-state index contributed by atoms with van der Waals surface area (Å²) in [4.78, 5) is 34.0. The number of nitrogens with zero attached hydrogens (tertiary/aromatic N) is 2. The van der Waals surface area contributed by atoms with E-state index < -0.39 is 11.8 Å². The van der Waals surface area contributed by atoms with Crippen LogP contribution in [0.5, 0.6) is 11.5 Å². The van der Waals surface area contributed by atoms with Gasteiger partial charge in [-0.15, -0.1) is 0 Å². The molecule has 2 aromatic heterocycles. The van der Waals surface area contributed by atoms with E-state index in [1.54, 1.807) is 12.1 Å². The summed E-state index contributed by atoms with van der Waals surface area (Å²) in [5.74, 6) is -0.283. The monoisotopic (exact) mass is 516 g/mol. The molecule has 3 unspecified atom stereocenters. The minimum atomic E-state index is -1.19. The van der Waals surface area contributed by atoms with Gasteiger partial charge < -0.3 is 19.8 Å². The number of fused-ring (bicyclic) bond motifs is 3. The van der Waals surface area contributed by atoms with Crippen molar-refractivity contribution in [2.24, 2.45) is 0 Å². The number of likely N-dealkylation sites (tertiary alicyclic amines) is 1. The molecule has 1 aromatic carbocycles. The number of hydrogen-bond acceptors (Lipinski definition) is 6. The summed E-state index contributed by atoms with van der Waals surface area (Å²) in [6.07, 6.45) is 2.21. The van der Waals surface area contributed by atoms with Crippen molar-refractivity contribution in [3.63, 3.8) is 0 Å². The molecule has 8 nitrogen and oxygen atoms in total. The topological polar surface area (TPSA) is 96.5 Å². The number of aromatic amines is 1. The lowest BCUT2D eigenvalue weighted by Gasteiger charge is -2.39. The molecule has 2 aliphatic heterocycles. The summed E-state index contributed by atoms with van der Waals surface area (Å²) in [5, 5.41) is 4.63. The highest BCUT2D eigenvalue weighted by atomic mass is 31.1. The number of ether oxygens (including phenoxy) is 2. The number of aromatic nitrogens is 2. The molecule has 0 radical (unpaired) electrons. The SMILES string of the molecule is CPc1c(CN2CC(Oc3ccc(C(=O)NCC(F)P)nc3)C2)ccc2c3c(c(=O)[nH]c12)CCO3. The molecule has 4 heterocycles. The fourth-order valence-corrected chi connectivity index (χ4v) is 5.56. The van der Waals surface area contributed by atoms with Gasteiger partial charge in [0, 0.05) is 36.7 Å². The Morgan fingerprint density at radius 1 is 1.40 bits per heavy atom. The molecule has 1 amide bonds. The third-order valence-electron chi connectivity index (χ3n) is 6.22. The van der Waals surface area contributed by atoms with Gasteiger partial charge in [-0.2, -0.15) is 0 Å². The van der Waals surface area contributed by atoms with Crippen LogP contribution in [0.25, 0.3) is 10.9 Å². The zero-order valence-electron chi connectivity index (χ0n) is 19.3. The van der Waals surface area contributed by atoms with Crippen LogP contribution in [0, 0.1) is 0 Å². The second-order valence-electron chi connectivity index (χ2n) is 8.67. The van der Waals surface area contributed by atoms with Crippen molar-refractivity contribution >= 4 is 39.9 Å². The molecule has 0 saturated carbocycles. The number of pyridine rings is 2. The van der Waals surface area contributed by atoms with Crippen molar-refractivity contribution in [2.75, 3.05) is 32.9 Å². The fourth-order valence-electron chi connectivity index (χ4n) is 4.51. The van der Waals surface area contributed by atoms with E-state index in [9.17, 15) is 14.0 Å². The molecule has 0 spiro atoms. The second kappa shape index (κ2) is 10.2. The van der Waals surface area contributed by atoms with Gasteiger partial charge in [-0.05, 0) is 30.4 Å². The van der Waals surface area contributed by atoms with Crippen LogP contribution in [-0.2, 0) is 13.0 Å². The van der Waals surface area contributed by atoms with Crippen LogP contribution < -0.4 is 25.7 Å². The molecule has 0 aliphatic carbocycles. The Morgan fingerprint density at radius 3 is 2.94 bits per heavy atom. The largest absolute Gasteiger partial charge is 0.492 e. The number of benzene rings is 1. The molecule has 5 rings (SSSR count). The van der Waals surface area contributed by atoms with E-state index in [0.29, 0.717) is 27.4 Å². The summed E-state index contributed by atoms with van der Waals surface area (Å²) in [6, 6.07) is 7.47. The fraction of sp³-hybridized carbons (Fsp3) is 0.375. The van der Waals surface area contributed by atoms with Gasteiger partial charge in [-0.3, -0.25) is 14.5 Å². The van der Waals surface area contributed by atoms with Crippen LogP contribution >= 0.6 is 17.8 Å². The van der Waals surface area contributed by atoms with Crippen molar-refractivity contribution in [3.05, 3.63) is 57.6 Å². The lowest BCUT2D eigenvalue weighted by molar-refractivity contribution is 0.0145. The molecule has 3 aromatic rings. The molecule has 0 bridgehead atoms. The number of carbonyl (C=O) groups is 1. The smallest absolute Gasteiger partial charge is 0.269 e. The maximum Gasteiger partial charge on any atom is 0.269 e. The van der Waals surface area contributed by atoms with Crippen LogP contribution in [0.2, 0.25) is 0 Å². The van der Waals surface area contributed by atoms with E-state index in [1.807, 2.05) is 9.24 Å². The molecule has 35 heavy (non-hydrogen) atoms. The quantitative estimate of drug-likeness (QED) is 0.445. The molecule has 11 heteroatoms. The van der Waals surface area contributed by atoms with E-state index in [-0.39, 0.29) is 23.9 Å². The van der Waals surface area contributed by atoms with Gasteiger partial charge in [-0.25, -0.2) is 9.37 Å². The second-order valence-corrected chi connectivity index (χ2v) is 10.4. The Bertz CT molecular complexity index is 1310. The van der Waals surface area contributed by atoms with Gasteiger partial charge in [0.1, 0.15) is 29.2 Å². The summed E-state index contributed by atoms with van der Waals surface area (Å²) in [7, 11) is 2.53. The summed E-state index contributed by atoms with van der Waals surface area (Å²) in [6.45, 7) is 4.91. The molecular weight excluding hydrogens is 489 g/mol. The van der Waals surface area contributed by atoms with Crippen LogP contribution in [0.1, 0.15) is 21.6 Å². The number of carbonyl (C=O) groups excluding carboxylic acids is 1. The normalized spacial score (nSPS) is 16.8. The number of amides is 1. The highest BCUT2D eigenvalue weighted by Crippen LogP contribution is 2.32. The Morgan fingerprint density at radius 2 is 2.23 bits per heavy atom. The van der Waals surface area contributed by atoms with Gasteiger partial charge in [0.05, 0.1) is 30.4 Å². The summed E-state index contributed by atoms with van der Waals surface area (Å²) in [5.41, 5.74) is 3.00. The lowest BCUT2D eigenvalue weighted by Crippen LogP contribution is -2.53. The Balaban J connectivity index is 1.20. The van der Waals surface area contributed by atoms with E-state index in [0.717, 1.165) is 41.9 Å². The van der Waals surface area contributed by atoms with E-state index >= 15 is 0 Å². The molecule has 2 N–H and O–H groups in total.